The van der Waals surface area contributed by atoms with Crippen molar-refractivity contribution in [2.24, 2.45) is 5.92 Å². The van der Waals surface area contributed by atoms with Crippen LogP contribution in [0.1, 0.15) is 6.42 Å². The molecule has 15 heavy (non-hydrogen) atoms. The third-order valence-electron chi connectivity index (χ3n) is 2.99. The summed E-state index contributed by atoms with van der Waals surface area (Å²) < 4.78 is 11.2. The third-order valence-corrected chi connectivity index (χ3v) is 2.99. The number of hydrogen-bond donors (Lipinski definition) is 1. The van der Waals surface area contributed by atoms with Gasteiger partial charge in [0.2, 0.25) is 0 Å². The Kier molecular flexibility index (Phi) is 2.10. The van der Waals surface area contributed by atoms with Crippen molar-refractivity contribution in [3.63, 3.8) is 0 Å². The molecule has 0 spiro atoms. The molecule has 2 saturated heterocycles. The molecule has 0 radical (unpaired) electrons. The van der Waals surface area contributed by atoms with Gasteiger partial charge in [-0.05, 0) is 6.42 Å². The summed E-state index contributed by atoms with van der Waals surface area (Å²) in [5.41, 5.74) is 5.49. The lowest BCUT2D eigenvalue weighted by atomic mass is 10.0. The molecule has 2 aliphatic heterocycles. The molecule has 82 valence electrons. The lowest BCUT2D eigenvalue weighted by Crippen LogP contribution is -2.20. The zero-order valence-corrected chi connectivity index (χ0v) is 8.37. The molecule has 6 heteroatoms. The summed E-state index contributed by atoms with van der Waals surface area (Å²) in [7, 11) is 0. The van der Waals surface area contributed by atoms with Crippen LogP contribution in [0.15, 0.2) is 6.20 Å². The topological polar surface area (TPSA) is 75.2 Å². The van der Waals surface area contributed by atoms with Crippen molar-refractivity contribution >= 4 is 5.82 Å². The van der Waals surface area contributed by atoms with Crippen LogP contribution >= 0.6 is 0 Å². The van der Waals surface area contributed by atoms with Gasteiger partial charge in [0.05, 0.1) is 38.2 Å². The average molecular weight is 210 g/mol. The second-order valence-electron chi connectivity index (χ2n) is 4.15. The molecule has 1 aromatic rings. The van der Waals surface area contributed by atoms with E-state index in [0.717, 1.165) is 19.6 Å². The zero-order valence-electron chi connectivity index (χ0n) is 8.37. The fourth-order valence-corrected chi connectivity index (χ4v) is 2.29. The van der Waals surface area contributed by atoms with Crippen LogP contribution in [0.4, 0.5) is 5.82 Å². The number of anilines is 1. The average Bonchev–Trinajstić information content (AvgIpc) is 2.81. The molecule has 0 bridgehead atoms. The van der Waals surface area contributed by atoms with Crippen molar-refractivity contribution in [3.05, 3.63) is 6.20 Å². The second kappa shape index (κ2) is 3.46. The summed E-state index contributed by atoms with van der Waals surface area (Å²) in [6.45, 7) is 2.25. The first-order chi connectivity index (χ1) is 7.31. The van der Waals surface area contributed by atoms with Crippen LogP contribution in [0.5, 0.6) is 0 Å². The quantitative estimate of drug-likeness (QED) is 0.723. The van der Waals surface area contributed by atoms with Crippen molar-refractivity contribution in [1.82, 2.24) is 15.0 Å². The van der Waals surface area contributed by atoms with Gasteiger partial charge in [0, 0.05) is 5.92 Å². The second-order valence-corrected chi connectivity index (χ2v) is 4.15. The number of fused-ring (bicyclic) bond motifs is 1. The number of nitrogens with zero attached hydrogens (tertiary/aromatic N) is 3. The summed E-state index contributed by atoms with van der Waals surface area (Å²) in [5.74, 6) is 1.01. The Morgan fingerprint density at radius 2 is 2.47 bits per heavy atom. The fourth-order valence-electron chi connectivity index (χ4n) is 2.29. The number of nitrogens with two attached hydrogens (primary N) is 1. The molecule has 0 aliphatic carbocycles. The van der Waals surface area contributed by atoms with Gasteiger partial charge in [-0.25, -0.2) is 0 Å². The smallest absolute Gasteiger partial charge is 0.165 e. The Hall–Kier alpha value is -1.14. The minimum absolute atomic E-state index is 0.204. The Morgan fingerprint density at radius 1 is 1.53 bits per heavy atom. The summed E-state index contributed by atoms with van der Waals surface area (Å²) in [6, 6.07) is 0. The molecule has 6 nitrogen and oxygen atoms in total. The maximum Gasteiger partial charge on any atom is 0.165 e. The SMILES string of the molecule is Nc1cnn(CC2CC3COCC3O2)n1. The van der Waals surface area contributed by atoms with Gasteiger partial charge in [-0.1, -0.05) is 0 Å². The number of rotatable bonds is 2. The Balaban J connectivity index is 1.61. The standard InChI is InChI=1S/C9H14N4O2/c10-9-2-11-13(12-9)3-7-1-6-4-14-5-8(6)15-7/h2,6-8H,1,3-5H2,(H2,10,12). The monoisotopic (exact) mass is 210 g/mol. The summed E-state index contributed by atoms with van der Waals surface area (Å²) in [6.07, 6.45) is 3.07. The summed E-state index contributed by atoms with van der Waals surface area (Å²) in [4.78, 5) is 1.60. The first-order valence-electron chi connectivity index (χ1n) is 5.20. The lowest BCUT2D eigenvalue weighted by Gasteiger charge is -2.10. The van der Waals surface area contributed by atoms with Gasteiger partial charge in [0.25, 0.3) is 0 Å². The molecule has 3 unspecified atom stereocenters. The predicted molar refractivity (Wildman–Crippen MR) is 52.0 cm³/mol. The first kappa shape index (κ1) is 9.11. The van der Waals surface area contributed by atoms with Crippen molar-refractivity contribution in [2.45, 2.75) is 25.2 Å². The van der Waals surface area contributed by atoms with E-state index in [1.807, 2.05) is 0 Å². The molecule has 1 aromatic heterocycles. The highest BCUT2D eigenvalue weighted by Gasteiger charge is 2.39. The highest BCUT2D eigenvalue weighted by Crippen LogP contribution is 2.31. The number of hydrogen-bond acceptors (Lipinski definition) is 5. The molecule has 3 heterocycles. The normalized spacial score (nSPS) is 34.5. The molecule has 3 rings (SSSR count). The van der Waals surface area contributed by atoms with Crippen LogP contribution in [0.2, 0.25) is 0 Å². The van der Waals surface area contributed by atoms with Crippen molar-refractivity contribution in [2.75, 3.05) is 18.9 Å². The van der Waals surface area contributed by atoms with Crippen LogP contribution in [0.25, 0.3) is 0 Å². The van der Waals surface area contributed by atoms with Gasteiger partial charge in [-0.2, -0.15) is 9.90 Å². The number of ether oxygens (including phenoxy) is 2. The number of aromatic nitrogens is 3. The van der Waals surface area contributed by atoms with Crippen LogP contribution < -0.4 is 5.73 Å². The molecule has 0 saturated carbocycles. The molecule has 0 amide bonds. The Labute approximate surface area is 87.3 Å². The van der Waals surface area contributed by atoms with E-state index in [4.69, 9.17) is 15.2 Å². The molecule has 3 atom stereocenters. The van der Waals surface area contributed by atoms with Crippen molar-refractivity contribution < 1.29 is 9.47 Å². The maximum absolute atomic E-state index is 5.83. The van der Waals surface area contributed by atoms with Crippen LogP contribution in [0, 0.1) is 5.92 Å². The van der Waals surface area contributed by atoms with Gasteiger partial charge in [0.1, 0.15) is 0 Å². The molecular weight excluding hydrogens is 196 g/mol. The van der Waals surface area contributed by atoms with Crippen LogP contribution in [-0.2, 0) is 16.0 Å². The largest absolute Gasteiger partial charge is 0.381 e. The Bertz CT molecular complexity index is 342. The molecule has 2 aliphatic rings. The summed E-state index contributed by atoms with van der Waals surface area (Å²) >= 11 is 0. The van der Waals surface area contributed by atoms with E-state index in [1.54, 1.807) is 11.0 Å². The first-order valence-corrected chi connectivity index (χ1v) is 5.20. The number of nitrogen functional groups attached to an aromatic ring is 1. The van der Waals surface area contributed by atoms with E-state index >= 15 is 0 Å². The minimum Gasteiger partial charge on any atom is -0.381 e. The van der Waals surface area contributed by atoms with E-state index in [0.29, 0.717) is 18.3 Å². The van der Waals surface area contributed by atoms with E-state index in [9.17, 15) is 0 Å². The van der Waals surface area contributed by atoms with Gasteiger partial charge in [-0.15, -0.1) is 5.10 Å². The fraction of sp³-hybridized carbons (Fsp3) is 0.778. The third kappa shape index (κ3) is 1.70. The summed E-state index contributed by atoms with van der Waals surface area (Å²) in [5, 5.41) is 8.08. The minimum atomic E-state index is 0.204. The van der Waals surface area contributed by atoms with Crippen molar-refractivity contribution in [3.8, 4) is 0 Å². The van der Waals surface area contributed by atoms with Crippen LogP contribution in [-0.4, -0.2) is 40.4 Å². The van der Waals surface area contributed by atoms with Gasteiger partial charge >= 0.3 is 0 Å². The predicted octanol–water partition coefficient (Wildman–Crippen LogP) is -0.336. The molecular formula is C9H14N4O2. The van der Waals surface area contributed by atoms with E-state index in [1.165, 1.54) is 0 Å². The maximum atomic E-state index is 5.83. The van der Waals surface area contributed by atoms with E-state index in [2.05, 4.69) is 10.2 Å². The van der Waals surface area contributed by atoms with Crippen LogP contribution in [0.3, 0.4) is 0 Å². The molecule has 2 fully saturated rings. The molecule has 0 aromatic carbocycles. The van der Waals surface area contributed by atoms with Crippen molar-refractivity contribution in [1.29, 1.82) is 0 Å². The zero-order chi connectivity index (χ0) is 10.3. The lowest BCUT2D eigenvalue weighted by molar-refractivity contribution is 0.00917. The van der Waals surface area contributed by atoms with Gasteiger partial charge in [-0.3, -0.25) is 0 Å². The highest BCUT2D eigenvalue weighted by molar-refractivity contribution is 5.19. The van der Waals surface area contributed by atoms with E-state index in [-0.39, 0.29) is 12.2 Å². The molecule has 2 N–H and O–H groups in total. The van der Waals surface area contributed by atoms with Gasteiger partial charge in [0.15, 0.2) is 5.82 Å². The Morgan fingerprint density at radius 3 is 3.20 bits per heavy atom. The van der Waals surface area contributed by atoms with E-state index < -0.39 is 0 Å². The highest BCUT2D eigenvalue weighted by atomic mass is 16.6. The van der Waals surface area contributed by atoms with Gasteiger partial charge < -0.3 is 15.2 Å².